The fourth-order valence-electron chi connectivity index (χ4n) is 3.06. The Morgan fingerprint density at radius 3 is 2.45 bits per heavy atom. The molecule has 3 rings (SSSR count). The predicted molar refractivity (Wildman–Crippen MR) is 95.9 cm³/mol. The molecule has 2 heterocycles. The molecular weight excluding hydrogens is 317 g/mol. The third-order valence-electron chi connectivity index (χ3n) is 4.34. The van der Waals surface area contributed by atoms with Crippen molar-refractivity contribution in [2.45, 2.75) is 24.9 Å². The zero-order valence-electron chi connectivity index (χ0n) is 12.6. The maximum Gasteiger partial charge on any atom is 0.0336 e. The molecule has 0 aliphatic carbocycles. The van der Waals surface area contributed by atoms with Gasteiger partial charge >= 0.3 is 0 Å². The van der Waals surface area contributed by atoms with Crippen LogP contribution in [0.25, 0.3) is 0 Å². The lowest BCUT2D eigenvalue weighted by Crippen LogP contribution is -2.30. The summed E-state index contributed by atoms with van der Waals surface area (Å²) in [4.78, 5) is 6.67. The molecule has 5 heteroatoms. The number of rotatable bonds is 3. The Morgan fingerprint density at radius 2 is 1.82 bits per heavy atom. The van der Waals surface area contributed by atoms with Crippen molar-refractivity contribution in [3.63, 3.8) is 0 Å². The molecule has 1 fully saturated rings. The first-order chi connectivity index (χ1) is 9.75. The number of aromatic nitrogens is 1. The average molecular weight is 340 g/mol. The number of hydrogen-bond acceptors (Lipinski definition) is 3. The van der Waals surface area contributed by atoms with Crippen LogP contribution in [0.2, 0.25) is 0 Å². The molecule has 1 saturated heterocycles. The number of pyridine rings is 1. The van der Waals surface area contributed by atoms with Crippen molar-refractivity contribution in [2.24, 2.45) is 5.73 Å². The van der Waals surface area contributed by atoms with E-state index in [0.29, 0.717) is 12.0 Å². The third kappa shape index (κ3) is 3.99. The van der Waals surface area contributed by atoms with E-state index in [1.807, 2.05) is 18.5 Å². The second-order valence-electron chi connectivity index (χ2n) is 5.60. The van der Waals surface area contributed by atoms with Crippen molar-refractivity contribution in [1.82, 2.24) is 9.88 Å². The summed E-state index contributed by atoms with van der Waals surface area (Å²) in [6.07, 6.45) is 3.77. The number of hydrogen-bond donors (Lipinski definition) is 1. The largest absolute Gasteiger partial charge is 0.326 e. The highest BCUT2D eigenvalue weighted by atomic mass is 35.5. The van der Waals surface area contributed by atoms with Crippen LogP contribution in [0.4, 0.5) is 0 Å². The van der Waals surface area contributed by atoms with Crippen LogP contribution in [0.1, 0.15) is 30.0 Å². The summed E-state index contributed by atoms with van der Waals surface area (Å²) in [7, 11) is 0. The van der Waals surface area contributed by atoms with Crippen LogP contribution >= 0.6 is 24.8 Å². The van der Waals surface area contributed by atoms with Gasteiger partial charge in [0.15, 0.2) is 0 Å². The lowest BCUT2D eigenvalue weighted by atomic mass is 9.95. The molecule has 1 aromatic heterocycles. The molecule has 0 amide bonds. The van der Waals surface area contributed by atoms with Crippen LogP contribution in [0, 0.1) is 0 Å². The predicted octanol–water partition coefficient (Wildman–Crippen LogP) is 3.41. The van der Waals surface area contributed by atoms with Gasteiger partial charge in [0, 0.05) is 43.5 Å². The Bertz CT molecular complexity index is 550. The summed E-state index contributed by atoms with van der Waals surface area (Å²) in [6.45, 7) is 4.19. The summed E-state index contributed by atoms with van der Waals surface area (Å²) < 4.78 is 0. The van der Waals surface area contributed by atoms with Crippen molar-refractivity contribution in [1.29, 1.82) is 0 Å². The molecule has 22 heavy (non-hydrogen) atoms. The maximum absolute atomic E-state index is 6.36. The van der Waals surface area contributed by atoms with E-state index in [9.17, 15) is 0 Å². The van der Waals surface area contributed by atoms with Crippen molar-refractivity contribution >= 4 is 24.8 Å². The van der Waals surface area contributed by atoms with E-state index in [4.69, 9.17) is 5.73 Å². The van der Waals surface area contributed by atoms with Crippen molar-refractivity contribution in [3.05, 3.63) is 66.0 Å². The van der Waals surface area contributed by atoms with Gasteiger partial charge in [0.2, 0.25) is 0 Å². The maximum atomic E-state index is 6.36. The zero-order chi connectivity index (χ0) is 13.9. The van der Waals surface area contributed by atoms with Gasteiger partial charge in [0.25, 0.3) is 0 Å². The summed E-state index contributed by atoms with van der Waals surface area (Å²) in [5.74, 6) is 0.426. The van der Waals surface area contributed by atoms with Crippen LogP contribution in [-0.2, 0) is 0 Å². The molecule has 1 aliphatic rings. The minimum absolute atomic E-state index is 0. The minimum Gasteiger partial charge on any atom is -0.326 e. The molecule has 0 spiro atoms. The number of likely N-dealkylation sites (tertiary alicyclic amines) is 1. The van der Waals surface area contributed by atoms with Gasteiger partial charge in [-0.1, -0.05) is 36.4 Å². The topological polar surface area (TPSA) is 42.2 Å². The van der Waals surface area contributed by atoms with Gasteiger partial charge in [-0.2, -0.15) is 0 Å². The monoisotopic (exact) mass is 339 g/mol. The molecule has 0 bridgehead atoms. The fourth-order valence-corrected chi connectivity index (χ4v) is 3.06. The molecule has 1 aliphatic heterocycles. The molecule has 3 nitrogen and oxygen atoms in total. The lowest BCUT2D eigenvalue weighted by molar-refractivity contribution is 0.257. The molecule has 1 unspecified atom stereocenters. The van der Waals surface area contributed by atoms with Gasteiger partial charge in [-0.3, -0.25) is 9.88 Å². The van der Waals surface area contributed by atoms with Gasteiger partial charge in [-0.25, -0.2) is 0 Å². The van der Waals surface area contributed by atoms with Crippen LogP contribution in [0.5, 0.6) is 0 Å². The number of nitrogens with two attached hydrogens (primary N) is 1. The highest BCUT2D eigenvalue weighted by Crippen LogP contribution is 2.31. The van der Waals surface area contributed by atoms with Crippen LogP contribution in [0.15, 0.2) is 54.9 Å². The van der Waals surface area contributed by atoms with Gasteiger partial charge in [-0.15, -0.1) is 24.8 Å². The van der Waals surface area contributed by atoms with E-state index in [2.05, 4.69) is 53.2 Å². The molecule has 3 atom stereocenters. The minimum atomic E-state index is 0. The van der Waals surface area contributed by atoms with Gasteiger partial charge < -0.3 is 5.73 Å². The van der Waals surface area contributed by atoms with E-state index >= 15 is 0 Å². The first kappa shape index (κ1) is 18.9. The highest BCUT2D eigenvalue weighted by Gasteiger charge is 2.33. The van der Waals surface area contributed by atoms with Crippen molar-refractivity contribution in [3.8, 4) is 0 Å². The second-order valence-corrected chi connectivity index (χ2v) is 5.60. The van der Waals surface area contributed by atoms with Crippen LogP contribution < -0.4 is 5.73 Å². The molecule has 0 saturated carbocycles. The zero-order valence-corrected chi connectivity index (χ0v) is 14.3. The molecule has 2 N–H and O–H groups in total. The van der Waals surface area contributed by atoms with Crippen molar-refractivity contribution in [2.75, 3.05) is 13.1 Å². The summed E-state index contributed by atoms with van der Waals surface area (Å²) >= 11 is 0. The van der Waals surface area contributed by atoms with E-state index in [0.717, 1.165) is 13.1 Å². The fraction of sp³-hybridized carbons (Fsp3) is 0.353. The van der Waals surface area contributed by atoms with E-state index in [1.165, 1.54) is 11.1 Å². The molecule has 1 aromatic carbocycles. The van der Waals surface area contributed by atoms with Gasteiger partial charge in [0.05, 0.1) is 0 Å². The summed E-state index contributed by atoms with van der Waals surface area (Å²) in [6, 6.07) is 15.3. The highest BCUT2D eigenvalue weighted by molar-refractivity contribution is 5.85. The lowest BCUT2D eigenvalue weighted by Gasteiger charge is -2.24. The average Bonchev–Trinajstić information content (AvgIpc) is 2.90. The first-order valence-electron chi connectivity index (χ1n) is 7.20. The quantitative estimate of drug-likeness (QED) is 0.931. The summed E-state index contributed by atoms with van der Waals surface area (Å²) in [5, 5.41) is 0. The normalized spacial score (nSPS) is 22.5. The molecule has 0 radical (unpaired) electrons. The number of halogens is 2. The Hall–Kier alpha value is -1.13. The Labute approximate surface area is 144 Å². The summed E-state index contributed by atoms with van der Waals surface area (Å²) in [5.41, 5.74) is 8.97. The Balaban J connectivity index is 0.00000121. The van der Waals surface area contributed by atoms with Gasteiger partial charge in [-0.05, 0) is 24.1 Å². The van der Waals surface area contributed by atoms with Crippen LogP contribution in [0.3, 0.4) is 0 Å². The Morgan fingerprint density at radius 1 is 1.09 bits per heavy atom. The SMILES string of the molecule is CC(c1cccnc1)N1C[C@@H](N)[C@H](c2ccccc2)C1.Cl.Cl. The third-order valence-corrected chi connectivity index (χ3v) is 4.34. The van der Waals surface area contributed by atoms with Crippen LogP contribution in [-0.4, -0.2) is 29.0 Å². The smallest absolute Gasteiger partial charge is 0.0336 e. The van der Waals surface area contributed by atoms with Gasteiger partial charge in [0.1, 0.15) is 0 Å². The van der Waals surface area contributed by atoms with E-state index in [1.54, 1.807) is 0 Å². The molecular formula is C17H23Cl2N3. The Kier molecular flexibility index (Phi) is 7.30. The second kappa shape index (κ2) is 8.49. The molecule has 2 aromatic rings. The first-order valence-corrected chi connectivity index (χ1v) is 7.20. The van der Waals surface area contributed by atoms with E-state index in [-0.39, 0.29) is 30.9 Å². The standard InChI is InChI=1S/C17H21N3.2ClH/c1-13(15-8-5-9-19-10-15)20-11-16(17(18)12-20)14-6-3-2-4-7-14;;/h2-10,13,16-17H,11-12,18H2,1H3;2*1H/t13?,16-,17+;;/m0../s1. The number of benzene rings is 1. The molecule has 120 valence electrons. The van der Waals surface area contributed by atoms with Crippen molar-refractivity contribution < 1.29 is 0 Å². The van der Waals surface area contributed by atoms with E-state index < -0.39 is 0 Å². The number of nitrogens with zero attached hydrogens (tertiary/aromatic N) is 2.